The number of benzene rings is 1. The summed E-state index contributed by atoms with van der Waals surface area (Å²) in [7, 11) is 0. The summed E-state index contributed by atoms with van der Waals surface area (Å²) in [6.07, 6.45) is 1.03. The minimum absolute atomic E-state index is 0.185. The first-order valence-electron chi connectivity index (χ1n) is 5.56. The Bertz CT molecular complexity index is 391. The molecule has 16 heavy (non-hydrogen) atoms. The number of fused-ring (bicyclic) bond motifs is 1. The predicted molar refractivity (Wildman–Crippen MR) is 60.9 cm³/mol. The molecule has 1 heterocycles. The molecule has 86 valence electrons. The van der Waals surface area contributed by atoms with Gasteiger partial charge in [0, 0.05) is 12.1 Å². The highest BCUT2D eigenvalue weighted by Gasteiger charge is 2.12. The molecule has 1 aliphatic heterocycles. The van der Waals surface area contributed by atoms with Crippen molar-refractivity contribution in [3.8, 4) is 0 Å². The van der Waals surface area contributed by atoms with E-state index in [1.807, 2.05) is 25.1 Å². The van der Waals surface area contributed by atoms with Gasteiger partial charge in [0.05, 0.1) is 6.61 Å². The fraction of sp³-hybridized carbons (Fsp3) is 0.417. The van der Waals surface area contributed by atoms with Crippen molar-refractivity contribution >= 4 is 5.91 Å². The third kappa shape index (κ3) is 2.40. The van der Waals surface area contributed by atoms with Gasteiger partial charge in [-0.3, -0.25) is 9.63 Å². The quantitative estimate of drug-likeness (QED) is 0.748. The molecule has 0 aliphatic carbocycles. The monoisotopic (exact) mass is 220 g/mol. The highest BCUT2D eigenvalue weighted by Crippen LogP contribution is 2.15. The molecule has 1 amide bonds. The fourth-order valence-corrected chi connectivity index (χ4v) is 1.82. The highest BCUT2D eigenvalue weighted by atomic mass is 16.6. The zero-order valence-corrected chi connectivity index (χ0v) is 9.38. The third-order valence-corrected chi connectivity index (χ3v) is 2.66. The minimum Gasteiger partial charge on any atom is -0.312 e. The van der Waals surface area contributed by atoms with Crippen LogP contribution in [0.1, 0.15) is 28.4 Å². The minimum atomic E-state index is -0.185. The Morgan fingerprint density at radius 2 is 2.38 bits per heavy atom. The van der Waals surface area contributed by atoms with Gasteiger partial charge in [-0.05, 0) is 43.1 Å². The Morgan fingerprint density at radius 3 is 3.19 bits per heavy atom. The lowest BCUT2D eigenvalue weighted by atomic mass is 9.98. The van der Waals surface area contributed by atoms with Crippen LogP contribution in [-0.4, -0.2) is 19.1 Å². The van der Waals surface area contributed by atoms with Gasteiger partial charge in [-0.15, -0.1) is 0 Å². The molecule has 1 aromatic carbocycles. The van der Waals surface area contributed by atoms with Gasteiger partial charge in [0.2, 0.25) is 0 Å². The van der Waals surface area contributed by atoms with E-state index < -0.39 is 0 Å². The summed E-state index contributed by atoms with van der Waals surface area (Å²) in [4.78, 5) is 16.5. The summed E-state index contributed by atoms with van der Waals surface area (Å²) >= 11 is 0. The van der Waals surface area contributed by atoms with Crippen LogP contribution in [0.15, 0.2) is 18.2 Å². The van der Waals surface area contributed by atoms with Crippen LogP contribution in [0.3, 0.4) is 0 Å². The second-order valence-corrected chi connectivity index (χ2v) is 3.77. The van der Waals surface area contributed by atoms with Crippen LogP contribution in [0.4, 0.5) is 0 Å². The first-order chi connectivity index (χ1) is 7.81. The van der Waals surface area contributed by atoms with Gasteiger partial charge in [-0.25, -0.2) is 5.48 Å². The standard InChI is InChI=1S/C12H16N2O2/c1-2-16-14-12(15)10-4-3-9-5-6-13-8-11(9)7-10/h3-4,7,13H,2,5-6,8H2,1H3,(H,14,15). The van der Waals surface area contributed by atoms with E-state index >= 15 is 0 Å². The Balaban J connectivity index is 2.13. The van der Waals surface area contributed by atoms with Gasteiger partial charge in [0.1, 0.15) is 0 Å². The van der Waals surface area contributed by atoms with Crippen molar-refractivity contribution in [2.75, 3.05) is 13.2 Å². The Morgan fingerprint density at radius 1 is 1.50 bits per heavy atom. The molecule has 2 rings (SSSR count). The van der Waals surface area contributed by atoms with Crippen molar-refractivity contribution in [3.63, 3.8) is 0 Å². The predicted octanol–water partition coefficient (Wildman–Crippen LogP) is 1.01. The lowest BCUT2D eigenvalue weighted by Crippen LogP contribution is -2.26. The maximum absolute atomic E-state index is 11.6. The molecular formula is C12H16N2O2. The molecular weight excluding hydrogens is 204 g/mol. The molecule has 2 N–H and O–H groups in total. The van der Waals surface area contributed by atoms with Crippen molar-refractivity contribution in [1.29, 1.82) is 0 Å². The molecule has 0 saturated heterocycles. The molecule has 1 aromatic rings. The Kier molecular flexibility index (Phi) is 3.54. The lowest BCUT2D eigenvalue weighted by molar-refractivity contribution is 0.0364. The number of hydroxylamine groups is 1. The van der Waals surface area contributed by atoms with Gasteiger partial charge < -0.3 is 5.32 Å². The molecule has 4 heteroatoms. The van der Waals surface area contributed by atoms with Gasteiger partial charge in [-0.1, -0.05) is 6.07 Å². The summed E-state index contributed by atoms with van der Waals surface area (Å²) in [5.74, 6) is -0.185. The SMILES string of the molecule is CCONC(=O)c1ccc2c(c1)CNCC2. The zero-order valence-electron chi connectivity index (χ0n) is 9.38. The Labute approximate surface area is 94.9 Å². The van der Waals surface area contributed by atoms with Crippen molar-refractivity contribution in [2.24, 2.45) is 0 Å². The first-order valence-corrected chi connectivity index (χ1v) is 5.56. The number of hydrogen-bond donors (Lipinski definition) is 2. The van der Waals surface area contributed by atoms with Crippen LogP contribution in [0.2, 0.25) is 0 Å². The average molecular weight is 220 g/mol. The molecule has 0 saturated carbocycles. The van der Waals surface area contributed by atoms with E-state index in [-0.39, 0.29) is 5.91 Å². The lowest BCUT2D eigenvalue weighted by Gasteiger charge is -2.17. The Hall–Kier alpha value is -1.39. The van der Waals surface area contributed by atoms with Gasteiger partial charge in [0.25, 0.3) is 5.91 Å². The van der Waals surface area contributed by atoms with E-state index in [4.69, 9.17) is 4.84 Å². The van der Waals surface area contributed by atoms with Gasteiger partial charge >= 0.3 is 0 Å². The second-order valence-electron chi connectivity index (χ2n) is 3.77. The van der Waals surface area contributed by atoms with Crippen LogP contribution in [-0.2, 0) is 17.8 Å². The molecule has 0 spiro atoms. The first kappa shape index (κ1) is 11.1. The average Bonchev–Trinajstić information content (AvgIpc) is 2.35. The van der Waals surface area contributed by atoms with Gasteiger partial charge in [-0.2, -0.15) is 0 Å². The summed E-state index contributed by atoms with van der Waals surface area (Å²) in [5, 5.41) is 3.29. The van der Waals surface area contributed by atoms with Crippen molar-refractivity contribution in [2.45, 2.75) is 19.9 Å². The molecule has 4 nitrogen and oxygen atoms in total. The van der Waals surface area contributed by atoms with E-state index in [2.05, 4.69) is 10.8 Å². The topological polar surface area (TPSA) is 50.4 Å². The normalized spacial score (nSPS) is 14.3. The van der Waals surface area contributed by atoms with E-state index in [1.54, 1.807) is 0 Å². The molecule has 0 fully saturated rings. The number of carbonyl (C=O) groups is 1. The molecule has 0 bridgehead atoms. The number of amides is 1. The third-order valence-electron chi connectivity index (χ3n) is 2.66. The van der Waals surface area contributed by atoms with Crippen molar-refractivity contribution in [3.05, 3.63) is 34.9 Å². The van der Waals surface area contributed by atoms with E-state index in [1.165, 1.54) is 11.1 Å². The van der Waals surface area contributed by atoms with Crippen molar-refractivity contribution in [1.82, 2.24) is 10.8 Å². The zero-order chi connectivity index (χ0) is 11.4. The number of carbonyl (C=O) groups excluding carboxylic acids is 1. The van der Waals surface area contributed by atoms with E-state index in [9.17, 15) is 4.79 Å². The fourth-order valence-electron chi connectivity index (χ4n) is 1.82. The van der Waals surface area contributed by atoms with Crippen LogP contribution in [0.5, 0.6) is 0 Å². The largest absolute Gasteiger partial charge is 0.312 e. The van der Waals surface area contributed by atoms with Crippen LogP contribution in [0.25, 0.3) is 0 Å². The molecule has 1 aliphatic rings. The van der Waals surface area contributed by atoms with Crippen LogP contribution < -0.4 is 10.8 Å². The summed E-state index contributed by atoms with van der Waals surface area (Å²) in [6, 6.07) is 5.80. The summed E-state index contributed by atoms with van der Waals surface area (Å²) in [6.45, 7) is 4.15. The van der Waals surface area contributed by atoms with Crippen molar-refractivity contribution < 1.29 is 9.63 Å². The van der Waals surface area contributed by atoms with Gasteiger partial charge in [0.15, 0.2) is 0 Å². The maximum Gasteiger partial charge on any atom is 0.274 e. The van der Waals surface area contributed by atoms with E-state index in [0.717, 1.165) is 19.5 Å². The van der Waals surface area contributed by atoms with E-state index in [0.29, 0.717) is 12.2 Å². The number of nitrogens with one attached hydrogen (secondary N) is 2. The summed E-state index contributed by atoms with van der Waals surface area (Å²) in [5.41, 5.74) is 5.57. The molecule has 0 atom stereocenters. The molecule has 0 aromatic heterocycles. The maximum atomic E-state index is 11.6. The van der Waals surface area contributed by atoms with Crippen LogP contribution >= 0.6 is 0 Å². The number of hydrogen-bond acceptors (Lipinski definition) is 3. The molecule has 0 unspecified atom stereocenters. The highest BCUT2D eigenvalue weighted by molar-refractivity contribution is 5.93. The second kappa shape index (κ2) is 5.09. The van der Waals surface area contributed by atoms with Crippen LogP contribution in [0, 0.1) is 0 Å². The smallest absolute Gasteiger partial charge is 0.274 e. The number of rotatable bonds is 3. The molecule has 0 radical (unpaired) electrons. The summed E-state index contributed by atoms with van der Waals surface area (Å²) < 4.78 is 0.